The number of thiocarbonyl (C=S) groups is 1. The van der Waals surface area contributed by atoms with Crippen LogP contribution in [-0.2, 0) is 14.3 Å². The van der Waals surface area contributed by atoms with E-state index in [4.69, 9.17) is 21.7 Å². The highest BCUT2D eigenvalue weighted by Crippen LogP contribution is 2.31. The summed E-state index contributed by atoms with van der Waals surface area (Å²) in [5, 5.41) is 3.78. The van der Waals surface area contributed by atoms with Gasteiger partial charge in [-0.1, -0.05) is 28.1 Å². The maximum Gasteiger partial charge on any atom is 0.338 e. The number of rotatable bonds is 5. The summed E-state index contributed by atoms with van der Waals surface area (Å²) in [4.78, 5) is 14.3. The number of carbonyl (C=O) groups excluding carboxylic acids is 1. The number of hydrogen-bond acceptors (Lipinski definition) is 4. The van der Waals surface area contributed by atoms with E-state index in [1.807, 2.05) is 38.2 Å². The maximum absolute atomic E-state index is 12.5. The molecule has 1 heterocycles. The molecule has 1 aromatic carbocycles. The first-order chi connectivity index (χ1) is 11.0. The van der Waals surface area contributed by atoms with Crippen molar-refractivity contribution in [3.63, 3.8) is 0 Å². The minimum absolute atomic E-state index is 0.216. The zero-order valence-corrected chi connectivity index (χ0v) is 15.7. The quantitative estimate of drug-likeness (QED) is 0.467. The molecule has 23 heavy (non-hydrogen) atoms. The summed E-state index contributed by atoms with van der Waals surface area (Å²) in [6, 6.07) is 7.43. The van der Waals surface area contributed by atoms with Crippen LogP contribution in [0.5, 0.6) is 0 Å². The monoisotopic (exact) mass is 398 g/mol. The fourth-order valence-corrected chi connectivity index (χ4v) is 2.82. The molecule has 0 spiro atoms. The molecule has 0 saturated carbocycles. The molecule has 7 heteroatoms. The smallest absolute Gasteiger partial charge is 0.338 e. The predicted molar refractivity (Wildman–Crippen MR) is 95.9 cm³/mol. The molecule has 0 amide bonds. The Morgan fingerprint density at radius 3 is 2.61 bits per heavy atom. The van der Waals surface area contributed by atoms with Crippen molar-refractivity contribution >= 4 is 39.2 Å². The minimum atomic E-state index is -0.366. The van der Waals surface area contributed by atoms with E-state index < -0.39 is 0 Å². The molecule has 2 rings (SSSR count). The van der Waals surface area contributed by atoms with E-state index in [2.05, 4.69) is 21.2 Å². The SMILES string of the molecule is COCCOC(=O)C1=C(C)N(C)C(=S)N[C@H]1c1ccc(Br)cc1. The van der Waals surface area contributed by atoms with Crippen LogP contribution in [0.3, 0.4) is 0 Å². The van der Waals surface area contributed by atoms with Crippen molar-refractivity contribution in [1.82, 2.24) is 10.2 Å². The number of nitrogens with zero attached hydrogens (tertiary/aromatic N) is 1. The summed E-state index contributed by atoms with van der Waals surface area (Å²) >= 11 is 8.77. The van der Waals surface area contributed by atoms with Crippen LogP contribution in [0, 0.1) is 0 Å². The molecule has 1 aliphatic rings. The summed E-state index contributed by atoms with van der Waals surface area (Å²) in [5.74, 6) is -0.366. The first kappa shape index (κ1) is 17.9. The number of carbonyl (C=O) groups is 1. The van der Waals surface area contributed by atoms with Crippen LogP contribution in [0.1, 0.15) is 18.5 Å². The number of ether oxygens (including phenoxy) is 2. The van der Waals surface area contributed by atoms with E-state index in [0.29, 0.717) is 17.3 Å². The molecule has 5 nitrogen and oxygen atoms in total. The second kappa shape index (κ2) is 7.90. The molecule has 1 aliphatic heterocycles. The van der Waals surface area contributed by atoms with Gasteiger partial charge in [-0.3, -0.25) is 0 Å². The van der Waals surface area contributed by atoms with Crippen molar-refractivity contribution in [2.45, 2.75) is 13.0 Å². The molecular formula is C16H19BrN2O3S. The van der Waals surface area contributed by atoms with E-state index in [9.17, 15) is 4.79 Å². The van der Waals surface area contributed by atoms with Gasteiger partial charge in [0.25, 0.3) is 0 Å². The molecule has 0 saturated heterocycles. The first-order valence-corrected chi connectivity index (χ1v) is 8.32. The van der Waals surface area contributed by atoms with E-state index >= 15 is 0 Å². The number of halogens is 1. The summed E-state index contributed by atoms with van der Waals surface area (Å²) in [6.07, 6.45) is 0. The Balaban J connectivity index is 2.35. The maximum atomic E-state index is 12.5. The van der Waals surface area contributed by atoms with Crippen LogP contribution >= 0.6 is 28.1 Å². The Labute approximate surface area is 149 Å². The normalized spacial score (nSPS) is 18.0. The lowest BCUT2D eigenvalue weighted by Gasteiger charge is -2.35. The molecule has 0 radical (unpaired) electrons. The summed E-state index contributed by atoms with van der Waals surface area (Å²) in [5.41, 5.74) is 2.28. The van der Waals surface area contributed by atoms with Gasteiger partial charge in [-0.2, -0.15) is 0 Å². The van der Waals surface area contributed by atoms with Gasteiger partial charge in [0.2, 0.25) is 0 Å². The van der Waals surface area contributed by atoms with E-state index in [1.54, 1.807) is 12.0 Å². The lowest BCUT2D eigenvalue weighted by molar-refractivity contribution is -0.140. The fraction of sp³-hybridized carbons (Fsp3) is 0.375. The highest BCUT2D eigenvalue weighted by Gasteiger charge is 2.33. The topological polar surface area (TPSA) is 50.8 Å². The predicted octanol–water partition coefficient (Wildman–Crippen LogP) is 2.77. The lowest BCUT2D eigenvalue weighted by Crippen LogP contribution is -2.46. The molecule has 1 aromatic rings. The number of allylic oxidation sites excluding steroid dienone is 1. The Kier molecular flexibility index (Phi) is 6.15. The van der Waals surface area contributed by atoms with Crippen LogP contribution in [-0.4, -0.2) is 43.4 Å². The number of hydrogen-bond donors (Lipinski definition) is 1. The Morgan fingerprint density at radius 1 is 1.35 bits per heavy atom. The molecule has 0 bridgehead atoms. The molecule has 0 aliphatic carbocycles. The molecular weight excluding hydrogens is 380 g/mol. The summed E-state index contributed by atoms with van der Waals surface area (Å²) in [6.45, 7) is 2.45. The van der Waals surface area contributed by atoms with Crippen LogP contribution in [0.25, 0.3) is 0 Å². The van der Waals surface area contributed by atoms with Gasteiger partial charge in [-0.15, -0.1) is 0 Å². The Hall–Kier alpha value is -1.44. The van der Waals surface area contributed by atoms with E-state index in [1.165, 1.54) is 0 Å². The van der Waals surface area contributed by atoms with E-state index in [0.717, 1.165) is 15.7 Å². The minimum Gasteiger partial charge on any atom is -0.460 e. The average Bonchev–Trinajstić information content (AvgIpc) is 2.53. The van der Waals surface area contributed by atoms with Crippen molar-refractivity contribution in [1.29, 1.82) is 0 Å². The van der Waals surface area contributed by atoms with Gasteiger partial charge >= 0.3 is 5.97 Å². The van der Waals surface area contributed by atoms with Crippen LogP contribution < -0.4 is 5.32 Å². The van der Waals surface area contributed by atoms with Gasteiger partial charge in [0.05, 0.1) is 18.2 Å². The second-order valence-corrected chi connectivity index (χ2v) is 6.42. The Bertz CT molecular complexity index is 631. The van der Waals surface area contributed by atoms with Crippen molar-refractivity contribution in [2.75, 3.05) is 27.4 Å². The highest BCUT2D eigenvalue weighted by atomic mass is 79.9. The number of benzene rings is 1. The van der Waals surface area contributed by atoms with Crippen LogP contribution in [0.2, 0.25) is 0 Å². The van der Waals surface area contributed by atoms with Crippen molar-refractivity contribution in [3.05, 3.63) is 45.6 Å². The molecule has 1 N–H and O–H groups in total. The summed E-state index contributed by atoms with van der Waals surface area (Å²) in [7, 11) is 3.39. The van der Waals surface area contributed by atoms with Crippen molar-refractivity contribution in [3.8, 4) is 0 Å². The molecule has 0 unspecified atom stereocenters. The van der Waals surface area contributed by atoms with Gasteiger partial charge in [0.1, 0.15) is 6.61 Å². The number of nitrogens with one attached hydrogen (secondary N) is 1. The third-order valence-electron chi connectivity index (χ3n) is 3.70. The van der Waals surface area contributed by atoms with Gasteiger partial charge in [-0.25, -0.2) is 4.79 Å². The standard InChI is InChI=1S/C16H19BrN2O3S/c1-10-13(15(20)22-9-8-21-3)14(18-16(23)19(10)2)11-4-6-12(17)7-5-11/h4-7,14H,8-9H2,1-3H3,(H,18,23)/t14-/m0/s1. The largest absolute Gasteiger partial charge is 0.460 e. The van der Waals surface area contributed by atoms with Gasteiger partial charge in [0.15, 0.2) is 5.11 Å². The van der Waals surface area contributed by atoms with Crippen LogP contribution in [0.15, 0.2) is 40.0 Å². The lowest BCUT2D eigenvalue weighted by atomic mass is 9.95. The van der Waals surface area contributed by atoms with Crippen molar-refractivity contribution in [2.24, 2.45) is 0 Å². The number of esters is 1. The first-order valence-electron chi connectivity index (χ1n) is 7.12. The van der Waals surface area contributed by atoms with Gasteiger partial charge in [-0.05, 0) is 36.8 Å². The zero-order chi connectivity index (χ0) is 17.0. The Morgan fingerprint density at radius 2 is 2.00 bits per heavy atom. The fourth-order valence-electron chi connectivity index (χ4n) is 2.30. The van der Waals surface area contributed by atoms with Crippen molar-refractivity contribution < 1.29 is 14.3 Å². The molecule has 0 aromatic heterocycles. The third kappa shape index (κ3) is 4.10. The van der Waals surface area contributed by atoms with Gasteiger partial charge < -0.3 is 19.7 Å². The highest BCUT2D eigenvalue weighted by molar-refractivity contribution is 9.10. The second-order valence-electron chi connectivity index (χ2n) is 5.12. The van der Waals surface area contributed by atoms with Gasteiger partial charge in [0, 0.05) is 24.3 Å². The molecule has 124 valence electrons. The number of methoxy groups -OCH3 is 1. The summed E-state index contributed by atoms with van der Waals surface area (Å²) < 4.78 is 11.2. The molecule has 0 fully saturated rings. The average molecular weight is 399 g/mol. The third-order valence-corrected chi connectivity index (χ3v) is 4.62. The zero-order valence-electron chi connectivity index (χ0n) is 13.3. The molecule has 1 atom stereocenters. The van der Waals surface area contributed by atoms with Crippen LogP contribution in [0.4, 0.5) is 0 Å². The van der Waals surface area contributed by atoms with E-state index in [-0.39, 0.29) is 18.6 Å².